The second-order valence-electron chi connectivity index (χ2n) is 24.2. The third-order valence-corrected chi connectivity index (χ3v) is 18.0. The number of hydrogen-bond acceptors (Lipinski definition) is 3. The minimum Gasteiger partial charge on any atom is -0.335 e. The lowest BCUT2D eigenvalue weighted by atomic mass is 9.33. The van der Waals surface area contributed by atoms with Crippen molar-refractivity contribution in [2.24, 2.45) is 0 Å². The molecule has 1 aliphatic carbocycles. The van der Waals surface area contributed by atoms with E-state index in [0.717, 1.165) is 0 Å². The number of benzene rings is 7. The zero-order valence-electron chi connectivity index (χ0n) is 41.8. The van der Waals surface area contributed by atoms with Gasteiger partial charge >= 0.3 is 0 Å². The van der Waals surface area contributed by atoms with Gasteiger partial charge < -0.3 is 9.80 Å². The molecule has 4 heterocycles. The number of nitrogens with zero attached hydrogens (tertiary/aromatic N) is 2. The monoisotopic (exact) mass is 892 g/mol. The summed E-state index contributed by atoms with van der Waals surface area (Å²) < 4.78 is 2.70. The summed E-state index contributed by atoms with van der Waals surface area (Å²) in [4.78, 5) is 5.69. The van der Waals surface area contributed by atoms with Crippen LogP contribution >= 0.6 is 11.3 Å². The zero-order valence-corrected chi connectivity index (χ0v) is 42.6. The van der Waals surface area contributed by atoms with Crippen LogP contribution in [0.3, 0.4) is 0 Å². The highest BCUT2D eigenvalue weighted by Gasteiger charge is 2.61. The van der Waals surface area contributed by atoms with Crippen molar-refractivity contribution in [3.63, 3.8) is 0 Å². The molecule has 3 aliphatic heterocycles. The quantitative estimate of drug-likeness (QED) is 0.163. The SMILES string of the molecule is Cc1cc2c3c(c1)N1c4c(cc(C(C)(C)C)cc4C4(C)CCCCC14C)B3c1ccc3sc4cc(C(C)(C)C)ccc4c3c1N2c1c(-c2ccccc2)cc(C(C)(C)C)cc1-c1ccccc1. The molecule has 2 nitrogen and oxygen atoms in total. The second kappa shape index (κ2) is 14.2. The largest absolute Gasteiger partial charge is 0.335 e. The lowest BCUT2D eigenvalue weighted by Gasteiger charge is -2.53. The van der Waals surface area contributed by atoms with E-state index < -0.39 is 0 Å². The van der Waals surface area contributed by atoms with Crippen molar-refractivity contribution in [3.05, 3.63) is 155 Å². The molecule has 0 bridgehead atoms. The normalized spacial score (nSPS) is 19.7. The average Bonchev–Trinajstić information content (AvgIpc) is 3.77. The van der Waals surface area contributed by atoms with E-state index in [2.05, 4.69) is 220 Å². The Morgan fingerprint density at radius 1 is 0.537 bits per heavy atom. The van der Waals surface area contributed by atoms with Crippen LogP contribution in [0.4, 0.5) is 28.4 Å². The van der Waals surface area contributed by atoms with Gasteiger partial charge in [0.1, 0.15) is 0 Å². The number of fused-ring (bicyclic) bond motifs is 11. The predicted octanol–water partition coefficient (Wildman–Crippen LogP) is 15.9. The maximum absolute atomic E-state index is 2.90. The molecule has 7 aromatic carbocycles. The predicted molar refractivity (Wildman–Crippen MR) is 293 cm³/mol. The molecule has 2 unspecified atom stereocenters. The van der Waals surface area contributed by atoms with E-state index >= 15 is 0 Å². The number of hydrogen-bond donors (Lipinski definition) is 0. The van der Waals surface area contributed by atoms with E-state index in [1.807, 2.05) is 11.3 Å². The van der Waals surface area contributed by atoms with Gasteiger partial charge in [0.2, 0.25) is 0 Å². The summed E-state index contributed by atoms with van der Waals surface area (Å²) in [5, 5.41) is 2.71. The van der Waals surface area contributed by atoms with Gasteiger partial charge in [-0.05, 0) is 135 Å². The molecule has 0 spiro atoms. The van der Waals surface area contributed by atoms with Crippen molar-refractivity contribution in [1.82, 2.24) is 0 Å². The Hall–Kier alpha value is -5.58. The first-order valence-electron chi connectivity index (χ1n) is 25.0. The van der Waals surface area contributed by atoms with Crippen LogP contribution in [0.1, 0.15) is 130 Å². The first-order chi connectivity index (χ1) is 31.8. The van der Waals surface area contributed by atoms with E-state index in [9.17, 15) is 0 Å². The Morgan fingerprint density at radius 2 is 1.13 bits per heavy atom. The molecule has 0 amide bonds. The van der Waals surface area contributed by atoms with Crippen molar-refractivity contribution in [2.45, 2.75) is 136 Å². The fourth-order valence-corrected chi connectivity index (χ4v) is 14.1. The lowest BCUT2D eigenvalue weighted by Crippen LogP contribution is -2.64. The molecule has 0 saturated heterocycles. The van der Waals surface area contributed by atoms with Crippen LogP contribution in [0.5, 0.6) is 0 Å². The van der Waals surface area contributed by atoms with Crippen LogP contribution in [0.15, 0.2) is 127 Å². The minimum absolute atomic E-state index is 0.0114. The Morgan fingerprint density at radius 3 is 1.76 bits per heavy atom. The lowest BCUT2D eigenvalue weighted by molar-refractivity contribution is 0.195. The maximum atomic E-state index is 2.90. The summed E-state index contributed by atoms with van der Waals surface area (Å²) in [5.74, 6) is 0. The summed E-state index contributed by atoms with van der Waals surface area (Å²) in [6, 6.07) is 50.3. The minimum atomic E-state index is -0.0788. The molecule has 2 atom stereocenters. The highest BCUT2D eigenvalue weighted by atomic mass is 32.1. The van der Waals surface area contributed by atoms with Crippen molar-refractivity contribution in [1.29, 1.82) is 0 Å². The van der Waals surface area contributed by atoms with E-state index in [1.165, 1.54) is 135 Å². The molecule has 1 saturated carbocycles. The number of rotatable bonds is 3. The van der Waals surface area contributed by atoms with Gasteiger partial charge in [-0.15, -0.1) is 11.3 Å². The number of anilines is 5. The topological polar surface area (TPSA) is 6.48 Å². The summed E-state index contributed by atoms with van der Waals surface area (Å²) in [6.07, 6.45) is 4.92. The van der Waals surface area contributed by atoms with Gasteiger partial charge in [-0.25, -0.2) is 0 Å². The van der Waals surface area contributed by atoms with E-state index in [1.54, 1.807) is 5.56 Å². The van der Waals surface area contributed by atoms with Crippen LogP contribution < -0.4 is 26.2 Å². The molecule has 336 valence electrons. The van der Waals surface area contributed by atoms with Gasteiger partial charge in [-0.2, -0.15) is 0 Å². The maximum Gasteiger partial charge on any atom is 0.252 e. The highest BCUT2D eigenvalue weighted by Crippen LogP contribution is 2.63. The van der Waals surface area contributed by atoms with Crippen LogP contribution in [0.2, 0.25) is 0 Å². The van der Waals surface area contributed by atoms with Crippen LogP contribution in [-0.4, -0.2) is 12.3 Å². The standard InChI is InChI=1S/C63H65BN2S/c1-38-31-50-55-51(32-38)66-57-47(62(11)29-19-20-30-63(62,66)12)35-43(61(8,9)10)36-49(57)64(55)48-27-28-52-54(44-26-25-41(59(2,3)4)37-53(44)67-52)58(48)65(50)56-45(39-21-15-13-16-22-39)33-42(60(5,6)7)34-46(56)40-23-17-14-18-24-40/h13-18,21-28,31-37H,19-20,29-30H2,1-12H3. The fourth-order valence-electron chi connectivity index (χ4n) is 12.9. The van der Waals surface area contributed by atoms with Crippen LogP contribution in [0, 0.1) is 6.92 Å². The van der Waals surface area contributed by atoms with Gasteiger partial charge in [0, 0.05) is 53.8 Å². The van der Waals surface area contributed by atoms with Crippen LogP contribution in [0.25, 0.3) is 42.4 Å². The van der Waals surface area contributed by atoms with E-state index in [-0.39, 0.29) is 33.9 Å². The third-order valence-electron chi connectivity index (χ3n) is 16.9. The summed E-state index contributed by atoms with van der Waals surface area (Å²) in [5.41, 5.74) is 23.1. The average molecular weight is 893 g/mol. The molecular weight excluding hydrogens is 828 g/mol. The molecule has 67 heavy (non-hydrogen) atoms. The second-order valence-corrected chi connectivity index (χ2v) is 25.3. The zero-order chi connectivity index (χ0) is 46.7. The van der Waals surface area contributed by atoms with E-state index in [4.69, 9.17) is 0 Å². The van der Waals surface area contributed by atoms with E-state index in [0.29, 0.717) is 0 Å². The molecule has 0 radical (unpaired) electrons. The smallest absolute Gasteiger partial charge is 0.252 e. The van der Waals surface area contributed by atoms with Gasteiger partial charge in [0.05, 0.1) is 16.9 Å². The Bertz CT molecular complexity index is 3300. The Kier molecular flexibility index (Phi) is 9.09. The van der Waals surface area contributed by atoms with Crippen LogP contribution in [-0.2, 0) is 21.7 Å². The molecule has 4 heteroatoms. The summed E-state index contributed by atoms with van der Waals surface area (Å²) >= 11 is 1.96. The molecular formula is C63H65BN2S. The van der Waals surface area contributed by atoms with Gasteiger partial charge in [-0.1, -0.05) is 173 Å². The third kappa shape index (κ3) is 6.06. The molecule has 0 N–H and O–H groups in total. The molecule has 4 aliphatic rings. The van der Waals surface area contributed by atoms with Gasteiger partial charge in [-0.3, -0.25) is 0 Å². The Labute approximate surface area is 404 Å². The summed E-state index contributed by atoms with van der Waals surface area (Å²) in [7, 11) is 0. The molecule has 1 aromatic heterocycles. The fraction of sp³-hybridized carbons (Fsp3) is 0.333. The van der Waals surface area contributed by atoms with Crippen molar-refractivity contribution in [2.75, 3.05) is 9.80 Å². The van der Waals surface area contributed by atoms with Crippen molar-refractivity contribution in [3.8, 4) is 22.3 Å². The first-order valence-corrected chi connectivity index (χ1v) is 25.8. The first kappa shape index (κ1) is 42.8. The molecule has 1 fully saturated rings. The summed E-state index contributed by atoms with van der Waals surface area (Å²) in [6.45, 7) is 29.0. The van der Waals surface area contributed by atoms with Crippen molar-refractivity contribution < 1.29 is 0 Å². The number of thiophene rings is 1. The molecule has 8 aromatic rings. The highest BCUT2D eigenvalue weighted by molar-refractivity contribution is 7.26. The van der Waals surface area contributed by atoms with Crippen molar-refractivity contribution >= 4 is 83.0 Å². The van der Waals surface area contributed by atoms with Gasteiger partial charge in [0.25, 0.3) is 6.71 Å². The number of aryl methyl sites for hydroxylation is 1. The Balaban J connectivity index is 1.29. The van der Waals surface area contributed by atoms with Gasteiger partial charge in [0.15, 0.2) is 0 Å². The molecule has 12 rings (SSSR count).